The lowest BCUT2D eigenvalue weighted by Crippen LogP contribution is -2.46. The summed E-state index contributed by atoms with van der Waals surface area (Å²) in [6, 6.07) is 5.72. The third-order valence-electron chi connectivity index (χ3n) is 7.81. The van der Waals surface area contributed by atoms with Crippen LogP contribution in [-0.4, -0.2) is 91.4 Å². The molecule has 2 saturated heterocycles. The van der Waals surface area contributed by atoms with Crippen LogP contribution < -0.4 is 20.3 Å². The molecular weight excluding hydrogens is 478 g/mol. The minimum atomic E-state index is -0.859. The lowest BCUT2D eigenvalue weighted by Gasteiger charge is -2.32. The van der Waals surface area contributed by atoms with E-state index in [-0.39, 0.29) is 0 Å². The predicted octanol–water partition coefficient (Wildman–Crippen LogP) is 2.57. The number of anilines is 2. The van der Waals surface area contributed by atoms with Crippen molar-refractivity contribution in [2.45, 2.75) is 32.0 Å². The maximum Gasteiger partial charge on any atom is 0.227 e. The summed E-state index contributed by atoms with van der Waals surface area (Å²) < 4.78 is 5.27. The van der Waals surface area contributed by atoms with Crippen LogP contribution in [0.4, 0.5) is 11.8 Å². The first-order valence-electron chi connectivity index (χ1n) is 13.0. The lowest BCUT2D eigenvalue weighted by molar-refractivity contribution is 0.119. The van der Waals surface area contributed by atoms with Gasteiger partial charge in [-0.15, -0.1) is 0 Å². The van der Waals surface area contributed by atoms with Crippen molar-refractivity contribution >= 4 is 23.4 Å². The van der Waals surface area contributed by atoms with Crippen molar-refractivity contribution < 1.29 is 9.84 Å². The Morgan fingerprint density at radius 1 is 1.17 bits per heavy atom. The molecule has 5 rings (SSSR count). The lowest BCUT2D eigenvalue weighted by atomic mass is 10.1. The highest BCUT2D eigenvalue weighted by molar-refractivity contribution is 6.32. The number of aliphatic hydroxyl groups is 1. The van der Waals surface area contributed by atoms with E-state index in [9.17, 15) is 5.11 Å². The number of nitrogens with zero attached hydrogens (tertiary/aromatic N) is 5. The van der Waals surface area contributed by atoms with Crippen molar-refractivity contribution in [3.05, 3.63) is 40.5 Å². The van der Waals surface area contributed by atoms with E-state index in [4.69, 9.17) is 21.3 Å². The van der Waals surface area contributed by atoms with Crippen LogP contribution in [0.2, 0.25) is 5.02 Å². The Hall–Kier alpha value is -2.17. The molecule has 0 bridgehead atoms. The standard InChI is InChI=1S/C26H38ClN7O2/c1-32-11-13-33(14-12-32)10-8-28-24(35)20-17-30-25(34-9-7-26(18-34)5-6-26)31-23(20)29-16-19-3-4-22(36-2)21(27)15-19/h3-4,15,17,24,28,35H,5-14,16,18H2,1-2H3,(H,29,30,31). The summed E-state index contributed by atoms with van der Waals surface area (Å²) in [6.07, 6.45) is 4.72. The van der Waals surface area contributed by atoms with E-state index in [1.807, 2.05) is 18.2 Å². The molecule has 36 heavy (non-hydrogen) atoms. The van der Waals surface area contributed by atoms with Gasteiger partial charge in [-0.2, -0.15) is 4.98 Å². The van der Waals surface area contributed by atoms with Gasteiger partial charge in [-0.1, -0.05) is 17.7 Å². The molecule has 3 fully saturated rings. The molecule has 3 aliphatic rings. The summed E-state index contributed by atoms with van der Waals surface area (Å²) in [5.74, 6) is 2.01. The van der Waals surface area contributed by atoms with E-state index in [1.165, 1.54) is 19.3 Å². The van der Waals surface area contributed by atoms with E-state index in [2.05, 4.69) is 37.4 Å². The zero-order valence-electron chi connectivity index (χ0n) is 21.3. The highest BCUT2D eigenvalue weighted by Crippen LogP contribution is 2.53. The molecule has 2 aromatic rings. The Bertz CT molecular complexity index is 1040. The highest BCUT2D eigenvalue weighted by atomic mass is 35.5. The van der Waals surface area contributed by atoms with Gasteiger partial charge in [0.2, 0.25) is 5.95 Å². The van der Waals surface area contributed by atoms with E-state index >= 15 is 0 Å². The Labute approximate surface area is 218 Å². The Morgan fingerprint density at radius 3 is 2.67 bits per heavy atom. The van der Waals surface area contributed by atoms with E-state index in [0.29, 0.717) is 40.7 Å². The molecule has 3 N–H and O–H groups in total. The molecule has 196 valence electrons. The van der Waals surface area contributed by atoms with Gasteiger partial charge in [-0.25, -0.2) is 4.98 Å². The number of likely N-dealkylation sites (N-methyl/N-ethyl adjacent to an activating group) is 1. The number of piperazine rings is 1. The van der Waals surface area contributed by atoms with E-state index in [0.717, 1.165) is 57.3 Å². The number of benzene rings is 1. The molecule has 10 heteroatoms. The molecule has 9 nitrogen and oxygen atoms in total. The number of methoxy groups -OCH3 is 1. The van der Waals surface area contributed by atoms with Crippen molar-refractivity contribution in [2.24, 2.45) is 5.41 Å². The predicted molar refractivity (Wildman–Crippen MR) is 143 cm³/mol. The van der Waals surface area contributed by atoms with Gasteiger partial charge in [0.15, 0.2) is 0 Å². The van der Waals surface area contributed by atoms with Crippen molar-refractivity contribution in [1.29, 1.82) is 0 Å². The maximum absolute atomic E-state index is 11.0. The van der Waals surface area contributed by atoms with Crippen LogP contribution in [0.1, 0.15) is 36.6 Å². The molecule has 2 aliphatic heterocycles. The molecule has 1 saturated carbocycles. The minimum absolute atomic E-state index is 0.486. The number of rotatable bonds is 10. The highest BCUT2D eigenvalue weighted by Gasteiger charge is 2.48. The van der Waals surface area contributed by atoms with Crippen molar-refractivity contribution in [3.63, 3.8) is 0 Å². The second kappa shape index (κ2) is 11.1. The number of hydrogen-bond acceptors (Lipinski definition) is 9. The number of ether oxygens (including phenoxy) is 1. The van der Waals surface area contributed by atoms with Crippen LogP contribution >= 0.6 is 11.6 Å². The third kappa shape index (κ3) is 6.03. The fourth-order valence-electron chi connectivity index (χ4n) is 5.11. The monoisotopic (exact) mass is 515 g/mol. The normalized spacial score (nSPS) is 20.6. The second-order valence-electron chi connectivity index (χ2n) is 10.5. The van der Waals surface area contributed by atoms with Crippen molar-refractivity contribution in [3.8, 4) is 5.75 Å². The molecular formula is C26H38ClN7O2. The van der Waals surface area contributed by atoms with Crippen LogP contribution in [0, 0.1) is 5.41 Å². The van der Waals surface area contributed by atoms with E-state index < -0.39 is 6.23 Å². The average Bonchev–Trinajstić information content (AvgIpc) is 3.51. The molecule has 1 spiro atoms. The first-order chi connectivity index (χ1) is 17.4. The quantitative estimate of drug-likeness (QED) is 0.413. The molecule has 0 radical (unpaired) electrons. The smallest absolute Gasteiger partial charge is 0.227 e. The molecule has 1 aromatic heterocycles. The van der Waals surface area contributed by atoms with Crippen LogP contribution in [0.3, 0.4) is 0 Å². The van der Waals surface area contributed by atoms with Gasteiger partial charge in [0.05, 0.1) is 17.7 Å². The summed E-state index contributed by atoms with van der Waals surface area (Å²) in [6.45, 7) is 8.39. The molecule has 1 atom stereocenters. The third-order valence-corrected chi connectivity index (χ3v) is 8.11. The molecule has 0 amide bonds. The first kappa shape index (κ1) is 25.5. The van der Waals surface area contributed by atoms with Crippen molar-refractivity contribution in [2.75, 3.05) is 76.7 Å². The Morgan fingerprint density at radius 2 is 1.97 bits per heavy atom. The summed E-state index contributed by atoms with van der Waals surface area (Å²) in [7, 11) is 3.76. The SMILES string of the molecule is COc1ccc(CNc2nc(N3CCC4(CC4)C3)ncc2C(O)NCCN2CCN(C)CC2)cc1Cl. The van der Waals surface area contributed by atoms with Crippen LogP contribution in [0.15, 0.2) is 24.4 Å². The zero-order chi connectivity index (χ0) is 25.1. The summed E-state index contributed by atoms with van der Waals surface area (Å²) in [5, 5.41) is 18.3. The Balaban J connectivity index is 1.27. The number of aromatic nitrogens is 2. The zero-order valence-corrected chi connectivity index (χ0v) is 22.1. The maximum atomic E-state index is 11.0. The van der Waals surface area contributed by atoms with Crippen LogP contribution in [0.5, 0.6) is 5.75 Å². The van der Waals surface area contributed by atoms with Gasteiger partial charge < -0.3 is 25.0 Å². The summed E-state index contributed by atoms with van der Waals surface area (Å²) >= 11 is 6.32. The average molecular weight is 516 g/mol. The number of nitrogens with one attached hydrogen (secondary N) is 2. The number of aliphatic hydroxyl groups excluding tert-OH is 1. The van der Waals surface area contributed by atoms with Gasteiger partial charge in [-0.05, 0) is 49.4 Å². The largest absolute Gasteiger partial charge is 0.495 e. The van der Waals surface area contributed by atoms with Crippen LogP contribution in [0.25, 0.3) is 0 Å². The minimum Gasteiger partial charge on any atom is -0.495 e. The van der Waals surface area contributed by atoms with Crippen LogP contribution in [-0.2, 0) is 6.54 Å². The number of halogens is 1. The van der Waals surface area contributed by atoms with E-state index in [1.54, 1.807) is 13.3 Å². The Kier molecular flexibility index (Phi) is 7.83. The van der Waals surface area contributed by atoms with Gasteiger partial charge in [0, 0.05) is 65.1 Å². The second-order valence-corrected chi connectivity index (χ2v) is 10.9. The van der Waals surface area contributed by atoms with Crippen molar-refractivity contribution in [1.82, 2.24) is 25.1 Å². The first-order valence-corrected chi connectivity index (χ1v) is 13.3. The topological polar surface area (TPSA) is 89.0 Å². The van der Waals surface area contributed by atoms with Gasteiger partial charge >= 0.3 is 0 Å². The molecule has 3 heterocycles. The molecule has 1 aromatic carbocycles. The number of hydrogen-bond donors (Lipinski definition) is 3. The van der Waals surface area contributed by atoms with Gasteiger partial charge in [0.25, 0.3) is 0 Å². The van der Waals surface area contributed by atoms with Gasteiger partial charge in [-0.3, -0.25) is 10.2 Å². The van der Waals surface area contributed by atoms with Gasteiger partial charge in [0.1, 0.15) is 17.8 Å². The molecule has 1 unspecified atom stereocenters. The summed E-state index contributed by atoms with van der Waals surface area (Å²) in [5.41, 5.74) is 2.14. The fraction of sp³-hybridized carbons (Fsp3) is 0.615. The molecule has 1 aliphatic carbocycles. The fourth-order valence-corrected chi connectivity index (χ4v) is 5.39. The summed E-state index contributed by atoms with van der Waals surface area (Å²) in [4.78, 5) is 16.6.